The molecule has 0 spiro atoms. The number of unbranched alkanes of at least 4 members (excludes halogenated alkanes) is 1. The number of carbonyl (C=O) groups is 2. The summed E-state index contributed by atoms with van der Waals surface area (Å²) in [6, 6.07) is 19.0. The van der Waals surface area contributed by atoms with Crippen LogP contribution in [-0.4, -0.2) is 23.4 Å². The lowest BCUT2D eigenvalue weighted by Gasteiger charge is -2.11. The molecule has 0 aliphatic carbocycles. The van der Waals surface area contributed by atoms with Gasteiger partial charge in [0.15, 0.2) is 0 Å². The molecule has 2 aromatic rings. The van der Waals surface area contributed by atoms with Gasteiger partial charge in [-0.05, 0) is 17.5 Å². The Balaban J connectivity index is 2.10. The van der Waals surface area contributed by atoms with Crippen molar-refractivity contribution >= 4 is 17.6 Å². The van der Waals surface area contributed by atoms with E-state index in [0.29, 0.717) is 12.1 Å². The highest BCUT2D eigenvalue weighted by Gasteiger charge is 2.38. The second-order valence-electron chi connectivity index (χ2n) is 5.61. The predicted molar refractivity (Wildman–Crippen MR) is 92.0 cm³/mol. The molecule has 1 heterocycles. The normalized spacial score (nSPS) is 14.0. The van der Waals surface area contributed by atoms with Crippen LogP contribution in [0.4, 0.5) is 4.79 Å². The zero-order chi connectivity index (χ0) is 16.9. The number of benzene rings is 2. The van der Waals surface area contributed by atoms with Crippen molar-refractivity contribution in [3.63, 3.8) is 0 Å². The third-order valence-corrected chi connectivity index (χ3v) is 3.94. The van der Waals surface area contributed by atoms with E-state index >= 15 is 0 Å². The van der Waals surface area contributed by atoms with E-state index in [1.54, 1.807) is 0 Å². The smallest absolute Gasteiger partial charge is 0.403 e. The van der Waals surface area contributed by atoms with Crippen LogP contribution >= 0.6 is 0 Å². The van der Waals surface area contributed by atoms with Crippen molar-refractivity contribution in [2.24, 2.45) is 0 Å². The zero-order valence-electron chi connectivity index (χ0n) is 13.6. The summed E-state index contributed by atoms with van der Waals surface area (Å²) >= 11 is 0. The van der Waals surface area contributed by atoms with Gasteiger partial charge in [-0.2, -0.15) is 0 Å². The average molecular weight is 321 g/mol. The standard InChI is InChI=1S/C20H19NO3/c1-2-3-14-21-19(22)18(24-20(21)23)17(15-10-6-4-7-11-15)16-12-8-5-9-13-16/h4-13H,2-3,14H2,1H3. The van der Waals surface area contributed by atoms with Crippen LogP contribution in [0.3, 0.4) is 0 Å². The summed E-state index contributed by atoms with van der Waals surface area (Å²) in [4.78, 5) is 26.0. The fourth-order valence-electron chi connectivity index (χ4n) is 2.70. The summed E-state index contributed by atoms with van der Waals surface area (Å²) in [5.74, 6) is -0.260. The van der Waals surface area contributed by atoms with E-state index in [0.717, 1.165) is 24.0 Å². The summed E-state index contributed by atoms with van der Waals surface area (Å²) in [5, 5.41) is 0. The van der Waals surface area contributed by atoms with Crippen LogP contribution in [0.2, 0.25) is 0 Å². The van der Waals surface area contributed by atoms with Crippen LogP contribution in [0.1, 0.15) is 30.9 Å². The maximum absolute atomic E-state index is 12.7. The van der Waals surface area contributed by atoms with Gasteiger partial charge in [0.2, 0.25) is 5.76 Å². The third-order valence-electron chi connectivity index (χ3n) is 3.94. The number of carbonyl (C=O) groups excluding carboxylic acids is 2. The van der Waals surface area contributed by atoms with E-state index < -0.39 is 6.09 Å². The van der Waals surface area contributed by atoms with Gasteiger partial charge in [0, 0.05) is 12.1 Å². The number of hydrogen-bond donors (Lipinski definition) is 0. The van der Waals surface area contributed by atoms with E-state index in [9.17, 15) is 9.59 Å². The molecule has 1 aliphatic heterocycles. The van der Waals surface area contributed by atoms with Crippen molar-refractivity contribution in [3.05, 3.63) is 77.5 Å². The molecule has 24 heavy (non-hydrogen) atoms. The van der Waals surface area contributed by atoms with Crippen molar-refractivity contribution in [2.45, 2.75) is 19.8 Å². The van der Waals surface area contributed by atoms with Gasteiger partial charge in [-0.25, -0.2) is 9.69 Å². The summed E-state index contributed by atoms with van der Waals surface area (Å²) in [6.45, 7) is 2.40. The third kappa shape index (κ3) is 3.08. The molecule has 1 fully saturated rings. The molecule has 3 rings (SSSR count). The zero-order valence-corrected chi connectivity index (χ0v) is 13.6. The van der Waals surface area contributed by atoms with Crippen LogP contribution in [0, 0.1) is 0 Å². The first-order valence-electron chi connectivity index (χ1n) is 8.11. The van der Waals surface area contributed by atoms with E-state index in [4.69, 9.17) is 4.74 Å². The highest BCUT2D eigenvalue weighted by atomic mass is 16.6. The number of ether oxygens (including phenoxy) is 1. The molecule has 1 aliphatic rings. The van der Waals surface area contributed by atoms with Gasteiger partial charge >= 0.3 is 6.09 Å². The molecule has 4 heteroatoms. The lowest BCUT2D eigenvalue weighted by atomic mass is 9.96. The van der Waals surface area contributed by atoms with Gasteiger partial charge in [0.05, 0.1) is 0 Å². The van der Waals surface area contributed by atoms with E-state index in [1.165, 1.54) is 4.90 Å². The fourth-order valence-corrected chi connectivity index (χ4v) is 2.70. The molecular formula is C20H19NO3. The van der Waals surface area contributed by atoms with Crippen LogP contribution < -0.4 is 0 Å². The molecule has 0 radical (unpaired) electrons. The van der Waals surface area contributed by atoms with Crippen molar-refractivity contribution < 1.29 is 14.3 Å². The largest absolute Gasteiger partial charge is 0.422 e. The summed E-state index contributed by atoms with van der Waals surface area (Å²) in [6.07, 6.45) is 1.08. The highest BCUT2D eigenvalue weighted by molar-refractivity contribution is 6.13. The molecule has 0 N–H and O–H groups in total. The Labute approximate surface area is 141 Å². The van der Waals surface area contributed by atoms with Crippen LogP contribution in [0.25, 0.3) is 5.57 Å². The number of amides is 2. The number of rotatable bonds is 5. The van der Waals surface area contributed by atoms with Crippen LogP contribution in [0.15, 0.2) is 66.4 Å². The Morgan fingerprint density at radius 3 is 1.96 bits per heavy atom. The molecule has 2 amide bonds. The van der Waals surface area contributed by atoms with Crippen molar-refractivity contribution in [2.75, 3.05) is 6.54 Å². The minimum atomic E-state index is -0.590. The summed E-state index contributed by atoms with van der Waals surface area (Å²) < 4.78 is 5.37. The predicted octanol–water partition coefficient (Wildman–Crippen LogP) is 4.22. The summed E-state index contributed by atoms with van der Waals surface area (Å²) in [5.41, 5.74) is 2.34. The second kappa shape index (κ2) is 7.13. The second-order valence-corrected chi connectivity index (χ2v) is 5.61. The van der Waals surface area contributed by atoms with E-state index in [1.807, 2.05) is 67.6 Å². The molecule has 0 bridgehead atoms. The Bertz CT molecular complexity index is 724. The molecule has 2 aromatic carbocycles. The van der Waals surface area contributed by atoms with Crippen LogP contribution in [-0.2, 0) is 9.53 Å². The van der Waals surface area contributed by atoms with Crippen molar-refractivity contribution in [1.29, 1.82) is 0 Å². The molecular weight excluding hydrogens is 302 g/mol. The minimum Gasteiger partial charge on any atom is -0.403 e. The first kappa shape index (κ1) is 16.0. The van der Waals surface area contributed by atoms with Gasteiger partial charge in [-0.15, -0.1) is 0 Å². The van der Waals surface area contributed by atoms with Gasteiger partial charge < -0.3 is 4.74 Å². The van der Waals surface area contributed by atoms with Gasteiger partial charge in [0.1, 0.15) is 0 Å². The lowest BCUT2D eigenvalue weighted by Crippen LogP contribution is -2.29. The number of cyclic esters (lactones) is 1. The number of imide groups is 1. The van der Waals surface area contributed by atoms with Crippen molar-refractivity contribution in [3.8, 4) is 0 Å². The Morgan fingerprint density at radius 1 is 0.917 bits per heavy atom. The highest BCUT2D eigenvalue weighted by Crippen LogP contribution is 2.31. The van der Waals surface area contributed by atoms with Gasteiger partial charge in [-0.1, -0.05) is 74.0 Å². The van der Waals surface area contributed by atoms with E-state index in [2.05, 4.69) is 0 Å². The average Bonchev–Trinajstić information content (AvgIpc) is 2.89. The fraction of sp³-hybridized carbons (Fsp3) is 0.200. The summed E-state index contributed by atoms with van der Waals surface area (Å²) in [7, 11) is 0. The first-order valence-corrected chi connectivity index (χ1v) is 8.11. The van der Waals surface area contributed by atoms with Gasteiger partial charge in [-0.3, -0.25) is 4.79 Å². The molecule has 0 atom stereocenters. The number of nitrogens with zero attached hydrogens (tertiary/aromatic N) is 1. The number of hydrogen-bond acceptors (Lipinski definition) is 3. The quantitative estimate of drug-likeness (QED) is 0.774. The van der Waals surface area contributed by atoms with Gasteiger partial charge in [0.25, 0.3) is 5.91 Å². The Kier molecular flexibility index (Phi) is 4.75. The Hall–Kier alpha value is -2.88. The maximum Gasteiger partial charge on any atom is 0.422 e. The van der Waals surface area contributed by atoms with E-state index in [-0.39, 0.29) is 11.7 Å². The monoisotopic (exact) mass is 321 g/mol. The molecule has 0 saturated carbocycles. The first-order chi connectivity index (χ1) is 11.7. The maximum atomic E-state index is 12.7. The molecule has 122 valence electrons. The topological polar surface area (TPSA) is 46.6 Å². The van der Waals surface area contributed by atoms with Crippen LogP contribution in [0.5, 0.6) is 0 Å². The van der Waals surface area contributed by atoms with Crippen molar-refractivity contribution in [1.82, 2.24) is 4.90 Å². The Morgan fingerprint density at radius 2 is 1.46 bits per heavy atom. The molecule has 0 unspecified atom stereocenters. The molecule has 4 nitrogen and oxygen atoms in total. The SMILES string of the molecule is CCCCN1C(=O)OC(=C(c2ccccc2)c2ccccc2)C1=O. The minimum absolute atomic E-state index is 0.105. The molecule has 0 aromatic heterocycles. The molecule has 1 saturated heterocycles. The lowest BCUT2D eigenvalue weighted by molar-refractivity contribution is -0.123.